The first-order valence-corrected chi connectivity index (χ1v) is 12.2. The number of fused-ring (bicyclic) bond motifs is 2. The van der Waals surface area contributed by atoms with Crippen molar-refractivity contribution in [2.24, 2.45) is 5.92 Å². The van der Waals surface area contributed by atoms with Gasteiger partial charge in [-0.05, 0) is 24.3 Å². The van der Waals surface area contributed by atoms with Gasteiger partial charge in [0, 0.05) is 24.6 Å². The van der Waals surface area contributed by atoms with E-state index in [1.165, 1.54) is 17.9 Å². The van der Waals surface area contributed by atoms with E-state index in [1.807, 2.05) is 12.1 Å². The molecule has 11 heteroatoms. The summed E-state index contributed by atoms with van der Waals surface area (Å²) in [5.41, 5.74) is 1.30. The van der Waals surface area contributed by atoms with Crippen LogP contribution in [0.15, 0.2) is 60.7 Å². The summed E-state index contributed by atoms with van der Waals surface area (Å²) < 4.78 is 0. The first-order chi connectivity index (χ1) is 18.7. The molecule has 4 rings (SSSR count). The van der Waals surface area contributed by atoms with Gasteiger partial charge < -0.3 is 25.0 Å². The van der Waals surface area contributed by atoms with Gasteiger partial charge in [-0.15, -0.1) is 0 Å². The number of aldehydes is 1. The summed E-state index contributed by atoms with van der Waals surface area (Å²) in [6.45, 7) is 0.656. The van der Waals surface area contributed by atoms with Crippen molar-refractivity contribution in [3.05, 3.63) is 66.4 Å². The lowest BCUT2D eigenvalue weighted by atomic mass is 10.00. The van der Waals surface area contributed by atoms with Crippen LogP contribution in [-0.4, -0.2) is 65.0 Å². The van der Waals surface area contributed by atoms with Gasteiger partial charge >= 0.3 is 5.97 Å². The van der Waals surface area contributed by atoms with Gasteiger partial charge in [-0.25, -0.2) is 4.98 Å². The molecule has 0 fully saturated rings. The number of pyridine rings is 1. The maximum atomic E-state index is 13.8. The molecule has 0 saturated carbocycles. The lowest BCUT2D eigenvalue weighted by Crippen LogP contribution is -2.53. The second kappa shape index (κ2) is 11.6. The van der Waals surface area contributed by atoms with Gasteiger partial charge in [0.2, 0.25) is 5.91 Å². The Kier molecular flexibility index (Phi) is 8.09. The van der Waals surface area contributed by atoms with E-state index in [-0.39, 0.29) is 30.3 Å². The molecule has 3 aromatic rings. The van der Waals surface area contributed by atoms with Crippen LogP contribution in [0.5, 0.6) is 0 Å². The van der Waals surface area contributed by atoms with E-state index in [4.69, 9.17) is 5.11 Å². The number of hydrogen-bond acceptors (Lipinski definition) is 7. The normalized spacial score (nSPS) is 15.7. The number of amides is 3. The highest BCUT2D eigenvalue weighted by Gasteiger charge is 2.37. The number of nitrogens with one attached hydrogen (secondary N) is 1. The molecule has 2 N–H and O–H groups in total. The number of carboxylic acid groups (broad SMARTS) is 1. The van der Waals surface area contributed by atoms with Gasteiger partial charge in [0.05, 0.1) is 36.4 Å². The van der Waals surface area contributed by atoms with Gasteiger partial charge in [0.25, 0.3) is 11.8 Å². The Hall–Kier alpha value is -4.93. The summed E-state index contributed by atoms with van der Waals surface area (Å²) in [4.78, 5) is 81.6. The number of para-hydroxylation sites is 3. The molecule has 2 heterocycles. The topological polar surface area (TPSA) is 154 Å². The van der Waals surface area contributed by atoms with Crippen molar-refractivity contribution in [3.8, 4) is 0 Å². The monoisotopic (exact) mass is 530 g/mol. The number of carbonyl (C=O) groups excluding carboxylic acids is 5. The van der Waals surface area contributed by atoms with Gasteiger partial charge in [-0.1, -0.05) is 36.4 Å². The molecular formula is C28H26N4O7. The summed E-state index contributed by atoms with van der Waals surface area (Å²) in [6.07, 6.45) is -0.493. The average Bonchev–Trinajstić information content (AvgIpc) is 3.02. The third-order valence-corrected chi connectivity index (χ3v) is 6.36. The molecule has 2 atom stereocenters. The van der Waals surface area contributed by atoms with Crippen LogP contribution in [-0.2, 0) is 24.0 Å². The second-order valence-electron chi connectivity index (χ2n) is 9.19. The van der Waals surface area contributed by atoms with Gasteiger partial charge in [-0.3, -0.25) is 24.0 Å². The number of Topliss-reactive ketones (excluding diaryl/α,β-unsaturated/α-hetero) is 1. The standard InChI is InChI=1S/C28H26N4O7/c1-17(34)31-15-23(30-27(38)22-11-10-19-6-2-3-7-21(19)29-22)28(39)32(25-9-5-4-8-24(25)31)14-20(35)12-18(16-33)13-26(36)37/h2-11,16,18,23H,12-15H2,1H3,(H,30,38)(H,36,37)/t18-,23-/m0/s1. The number of ketones is 1. The molecule has 3 amide bonds. The number of rotatable bonds is 9. The summed E-state index contributed by atoms with van der Waals surface area (Å²) in [7, 11) is 0. The molecule has 0 spiro atoms. The summed E-state index contributed by atoms with van der Waals surface area (Å²) in [6, 6.07) is 15.8. The summed E-state index contributed by atoms with van der Waals surface area (Å²) in [5.74, 6) is -4.48. The molecule has 0 aliphatic carbocycles. The highest BCUT2D eigenvalue weighted by Crippen LogP contribution is 2.33. The molecule has 1 aliphatic rings. The number of carbonyl (C=O) groups is 6. The minimum atomic E-state index is -1.23. The van der Waals surface area contributed by atoms with Crippen molar-refractivity contribution >= 4 is 58.0 Å². The van der Waals surface area contributed by atoms with E-state index in [0.717, 1.165) is 10.3 Å². The van der Waals surface area contributed by atoms with Crippen molar-refractivity contribution in [2.45, 2.75) is 25.8 Å². The number of aromatic nitrogens is 1. The van der Waals surface area contributed by atoms with E-state index < -0.39 is 48.5 Å². The number of carboxylic acids is 1. The third kappa shape index (κ3) is 6.15. The van der Waals surface area contributed by atoms with Gasteiger partial charge in [0.1, 0.15) is 18.0 Å². The van der Waals surface area contributed by atoms with E-state index >= 15 is 0 Å². The maximum Gasteiger partial charge on any atom is 0.304 e. The minimum absolute atomic E-state index is 0.0720. The third-order valence-electron chi connectivity index (χ3n) is 6.36. The van der Waals surface area contributed by atoms with Crippen molar-refractivity contribution in [2.75, 3.05) is 22.9 Å². The number of aliphatic carboxylic acids is 1. The Balaban J connectivity index is 1.64. The van der Waals surface area contributed by atoms with Crippen molar-refractivity contribution in [1.82, 2.24) is 10.3 Å². The molecule has 39 heavy (non-hydrogen) atoms. The largest absolute Gasteiger partial charge is 0.481 e. The molecule has 200 valence electrons. The highest BCUT2D eigenvalue weighted by molar-refractivity contribution is 6.10. The predicted molar refractivity (Wildman–Crippen MR) is 141 cm³/mol. The SMILES string of the molecule is CC(=O)N1C[C@H](NC(=O)c2ccc3ccccc3n2)C(=O)N(CC(=O)C[C@H](C=O)CC(=O)O)c2ccccc21. The summed E-state index contributed by atoms with van der Waals surface area (Å²) >= 11 is 0. The first kappa shape index (κ1) is 27.1. The van der Waals surface area contributed by atoms with Crippen LogP contribution in [0.3, 0.4) is 0 Å². The van der Waals surface area contributed by atoms with E-state index in [1.54, 1.807) is 42.5 Å². The molecule has 11 nitrogen and oxygen atoms in total. The van der Waals surface area contributed by atoms with Crippen molar-refractivity contribution < 1.29 is 33.9 Å². The predicted octanol–water partition coefficient (Wildman–Crippen LogP) is 1.98. The van der Waals surface area contributed by atoms with E-state index in [9.17, 15) is 28.8 Å². The zero-order valence-electron chi connectivity index (χ0n) is 21.1. The molecule has 0 radical (unpaired) electrons. The van der Waals surface area contributed by atoms with E-state index in [2.05, 4.69) is 10.3 Å². The van der Waals surface area contributed by atoms with Crippen LogP contribution >= 0.6 is 0 Å². The maximum absolute atomic E-state index is 13.8. The van der Waals surface area contributed by atoms with Gasteiger partial charge in [-0.2, -0.15) is 0 Å². The Morgan fingerprint density at radius 3 is 2.41 bits per heavy atom. The van der Waals surface area contributed by atoms with Crippen LogP contribution in [0.1, 0.15) is 30.3 Å². The Bertz CT molecular complexity index is 1470. The fraction of sp³-hybridized carbons (Fsp3) is 0.250. The average molecular weight is 531 g/mol. The zero-order chi connectivity index (χ0) is 28.1. The van der Waals surface area contributed by atoms with Crippen LogP contribution in [0.2, 0.25) is 0 Å². The van der Waals surface area contributed by atoms with Crippen LogP contribution in [0.4, 0.5) is 11.4 Å². The van der Waals surface area contributed by atoms with Crippen molar-refractivity contribution in [3.63, 3.8) is 0 Å². The molecule has 1 aromatic heterocycles. The van der Waals surface area contributed by atoms with Crippen LogP contribution < -0.4 is 15.1 Å². The lowest BCUT2D eigenvalue weighted by molar-refractivity contribution is -0.139. The van der Waals surface area contributed by atoms with Crippen LogP contribution in [0, 0.1) is 5.92 Å². The first-order valence-electron chi connectivity index (χ1n) is 12.2. The second-order valence-corrected chi connectivity index (χ2v) is 9.19. The lowest BCUT2D eigenvalue weighted by Gasteiger charge is -2.25. The quantitative estimate of drug-likeness (QED) is 0.398. The fourth-order valence-electron chi connectivity index (χ4n) is 4.51. The molecule has 2 aromatic carbocycles. The number of anilines is 2. The molecule has 0 saturated heterocycles. The molecule has 0 unspecified atom stereocenters. The fourth-order valence-corrected chi connectivity index (χ4v) is 4.51. The zero-order valence-corrected chi connectivity index (χ0v) is 21.1. The molecular weight excluding hydrogens is 504 g/mol. The Labute approximate surface area is 223 Å². The Morgan fingerprint density at radius 1 is 1.03 bits per heavy atom. The van der Waals surface area contributed by atoms with Crippen molar-refractivity contribution in [1.29, 1.82) is 0 Å². The highest BCUT2D eigenvalue weighted by atomic mass is 16.4. The molecule has 1 aliphatic heterocycles. The van der Waals surface area contributed by atoms with E-state index in [0.29, 0.717) is 17.5 Å². The number of benzene rings is 2. The smallest absolute Gasteiger partial charge is 0.304 e. The number of hydrogen-bond donors (Lipinski definition) is 2. The molecule has 0 bridgehead atoms. The minimum Gasteiger partial charge on any atom is -0.481 e. The van der Waals surface area contributed by atoms with Crippen LogP contribution in [0.25, 0.3) is 10.9 Å². The summed E-state index contributed by atoms with van der Waals surface area (Å²) in [5, 5.41) is 12.5. The van der Waals surface area contributed by atoms with Gasteiger partial charge in [0.15, 0.2) is 5.78 Å². The Morgan fingerprint density at radius 2 is 1.72 bits per heavy atom. The number of nitrogens with zero attached hydrogens (tertiary/aromatic N) is 3.